The van der Waals surface area contributed by atoms with Crippen molar-refractivity contribution in [2.45, 2.75) is 45.6 Å². The first-order valence-electron chi connectivity index (χ1n) is 13.8. The topological polar surface area (TPSA) is 114 Å². The second-order valence-corrected chi connectivity index (χ2v) is 10.9. The Bertz CT molecular complexity index is 1460. The number of carbonyl (C=O) groups is 2. The van der Waals surface area contributed by atoms with Gasteiger partial charge in [-0.3, -0.25) is 9.78 Å². The molecule has 1 aromatic carbocycles. The lowest BCUT2D eigenvalue weighted by atomic mass is 10.1. The van der Waals surface area contributed by atoms with Gasteiger partial charge < -0.3 is 20.3 Å². The van der Waals surface area contributed by atoms with Crippen molar-refractivity contribution in [1.82, 2.24) is 30.0 Å². The van der Waals surface area contributed by atoms with Gasteiger partial charge in [-0.05, 0) is 78.9 Å². The number of likely N-dealkylation sites (N-methyl/N-ethyl adjacent to an activating group) is 1. The van der Waals surface area contributed by atoms with Gasteiger partial charge in [0, 0.05) is 42.1 Å². The number of halogens is 1. The van der Waals surface area contributed by atoms with Crippen LogP contribution in [0.5, 0.6) is 5.75 Å². The third-order valence-corrected chi connectivity index (χ3v) is 7.08. The van der Waals surface area contributed by atoms with Crippen LogP contribution in [-0.2, 0) is 6.54 Å². The summed E-state index contributed by atoms with van der Waals surface area (Å²) in [6.07, 6.45) is 8.27. The van der Waals surface area contributed by atoms with Crippen molar-refractivity contribution in [3.63, 3.8) is 0 Å². The van der Waals surface area contributed by atoms with Crippen molar-refractivity contribution >= 4 is 44.8 Å². The van der Waals surface area contributed by atoms with Crippen molar-refractivity contribution in [3.8, 4) is 17.0 Å². The van der Waals surface area contributed by atoms with Crippen LogP contribution < -0.4 is 15.4 Å². The molecule has 0 spiro atoms. The van der Waals surface area contributed by atoms with Crippen LogP contribution in [0.4, 0.5) is 10.6 Å². The first-order valence-corrected chi connectivity index (χ1v) is 14.6. The number of nitrogens with zero attached hydrogens (tertiary/aromatic N) is 5. The first kappa shape index (κ1) is 30.1. The molecule has 216 valence electrons. The SMILES string of the molecule is CCCCCCCn1nc(NC(=O)c2cccnc2)c2cc(Br)c(-c3ccc(OC(=O)NCCN(C)C)cc3)nc21. The van der Waals surface area contributed by atoms with Crippen molar-refractivity contribution in [2.24, 2.45) is 0 Å². The highest BCUT2D eigenvalue weighted by molar-refractivity contribution is 9.10. The summed E-state index contributed by atoms with van der Waals surface area (Å²) in [5.41, 5.74) is 2.69. The molecule has 2 N–H and O–H groups in total. The molecule has 3 aromatic heterocycles. The van der Waals surface area contributed by atoms with E-state index < -0.39 is 6.09 Å². The minimum absolute atomic E-state index is 0.283. The van der Waals surface area contributed by atoms with Gasteiger partial charge in [-0.1, -0.05) is 32.6 Å². The Labute approximate surface area is 248 Å². The number of amides is 2. The van der Waals surface area contributed by atoms with Gasteiger partial charge in [0.1, 0.15) is 5.75 Å². The maximum atomic E-state index is 12.9. The molecule has 3 heterocycles. The molecule has 0 saturated carbocycles. The maximum absolute atomic E-state index is 12.9. The van der Waals surface area contributed by atoms with Gasteiger partial charge in [0.15, 0.2) is 11.5 Å². The normalized spacial score (nSPS) is 11.1. The number of rotatable bonds is 13. The smallest absolute Gasteiger partial charge is 0.410 e. The lowest BCUT2D eigenvalue weighted by Crippen LogP contribution is -2.33. The second kappa shape index (κ2) is 14.7. The van der Waals surface area contributed by atoms with Crippen LogP contribution in [0.1, 0.15) is 49.4 Å². The highest BCUT2D eigenvalue weighted by Gasteiger charge is 2.19. The molecule has 0 fully saturated rings. The fourth-order valence-electron chi connectivity index (χ4n) is 4.27. The minimum Gasteiger partial charge on any atom is -0.410 e. The monoisotopic (exact) mass is 621 g/mol. The fourth-order valence-corrected chi connectivity index (χ4v) is 4.82. The summed E-state index contributed by atoms with van der Waals surface area (Å²) in [5, 5.41) is 11.1. The molecule has 11 heteroatoms. The number of benzene rings is 1. The number of carbonyl (C=O) groups excluding carboxylic acids is 2. The third-order valence-electron chi connectivity index (χ3n) is 6.47. The van der Waals surface area contributed by atoms with Crippen LogP contribution in [-0.4, -0.2) is 63.8 Å². The van der Waals surface area contributed by atoms with Crippen LogP contribution in [0.2, 0.25) is 0 Å². The molecule has 0 bridgehead atoms. The predicted octanol–water partition coefficient (Wildman–Crippen LogP) is 6.13. The van der Waals surface area contributed by atoms with Gasteiger partial charge >= 0.3 is 6.09 Å². The Morgan fingerprint density at radius 1 is 1.07 bits per heavy atom. The molecule has 10 nitrogen and oxygen atoms in total. The molecule has 0 aliphatic rings. The lowest BCUT2D eigenvalue weighted by Gasteiger charge is -2.11. The zero-order chi connectivity index (χ0) is 29.2. The fraction of sp³-hybridized carbons (Fsp3) is 0.367. The molecule has 2 amide bonds. The third kappa shape index (κ3) is 8.34. The Morgan fingerprint density at radius 3 is 2.56 bits per heavy atom. The number of hydrogen-bond acceptors (Lipinski definition) is 7. The standard InChI is InChI=1S/C30H36BrN7O3/c1-4-5-6-7-8-17-38-28-24(27(36-38)35-29(39)22-10-9-15-32-20-22)19-25(31)26(34-28)21-11-13-23(14-12-21)41-30(40)33-16-18-37(2)3/h9-15,19-20H,4-8,16-18H2,1-3H3,(H,33,40)(H,35,36,39). The van der Waals surface area contributed by atoms with E-state index in [2.05, 4.69) is 38.5 Å². The number of hydrogen-bond donors (Lipinski definition) is 2. The van der Waals surface area contributed by atoms with E-state index in [1.54, 1.807) is 30.5 Å². The van der Waals surface area contributed by atoms with Gasteiger partial charge in [0.25, 0.3) is 5.91 Å². The lowest BCUT2D eigenvalue weighted by molar-refractivity contribution is 0.102. The van der Waals surface area contributed by atoms with Crippen LogP contribution in [0.25, 0.3) is 22.3 Å². The maximum Gasteiger partial charge on any atom is 0.412 e. The number of fused-ring (bicyclic) bond motifs is 1. The summed E-state index contributed by atoms with van der Waals surface area (Å²) in [4.78, 5) is 36.0. The van der Waals surface area contributed by atoms with Crippen LogP contribution in [0.15, 0.2) is 59.3 Å². The number of pyridine rings is 2. The number of ether oxygens (including phenoxy) is 1. The number of aromatic nitrogens is 4. The number of anilines is 1. The molecular formula is C30H36BrN7O3. The van der Waals surface area contributed by atoms with Gasteiger partial charge in [-0.25, -0.2) is 14.5 Å². The van der Waals surface area contributed by atoms with Crippen molar-refractivity contribution in [1.29, 1.82) is 0 Å². The van der Waals surface area contributed by atoms with E-state index in [-0.39, 0.29) is 5.91 Å². The predicted molar refractivity (Wildman–Crippen MR) is 164 cm³/mol. The highest BCUT2D eigenvalue weighted by Crippen LogP contribution is 2.33. The van der Waals surface area contributed by atoms with E-state index in [9.17, 15) is 9.59 Å². The summed E-state index contributed by atoms with van der Waals surface area (Å²) in [7, 11) is 3.88. The van der Waals surface area contributed by atoms with E-state index in [1.165, 1.54) is 25.5 Å². The first-order chi connectivity index (χ1) is 19.9. The number of unbranched alkanes of at least 4 members (excludes halogenated alkanes) is 4. The van der Waals surface area contributed by atoms with Gasteiger partial charge in [0.2, 0.25) is 0 Å². The number of nitrogens with one attached hydrogen (secondary N) is 2. The molecular weight excluding hydrogens is 586 g/mol. The average molecular weight is 623 g/mol. The van der Waals surface area contributed by atoms with Crippen LogP contribution in [0.3, 0.4) is 0 Å². The Morgan fingerprint density at radius 2 is 1.85 bits per heavy atom. The average Bonchev–Trinajstić information content (AvgIpc) is 3.28. The molecule has 0 aliphatic heterocycles. The molecule has 41 heavy (non-hydrogen) atoms. The quantitative estimate of drug-likeness (QED) is 0.173. The van der Waals surface area contributed by atoms with Crippen molar-refractivity contribution in [2.75, 3.05) is 32.5 Å². The van der Waals surface area contributed by atoms with E-state index in [1.807, 2.05) is 41.9 Å². The van der Waals surface area contributed by atoms with Crippen LogP contribution in [0, 0.1) is 0 Å². The summed E-state index contributed by atoms with van der Waals surface area (Å²) >= 11 is 3.67. The second-order valence-electron chi connectivity index (χ2n) is 10.0. The van der Waals surface area contributed by atoms with Crippen LogP contribution >= 0.6 is 15.9 Å². The zero-order valence-electron chi connectivity index (χ0n) is 23.7. The van der Waals surface area contributed by atoms with E-state index in [0.29, 0.717) is 35.9 Å². The Balaban J connectivity index is 1.57. The molecule has 0 unspecified atom stereocenters. The molecule has 0 aliphatic carbocycles. The minimum atomic E-state index is -0.496. The molecule has 4 aromatic rings. The molecule has 0 atom stereocenters. The van der Waals surface area contributed by atoms with Gasteiger partial charge in [-0.2, -0.15) is 5.10 Å². The van der Waals surface area contributed by atoms with Gasteiger partial charge in [-0.15, -0.1) is 0 Å². The number of aryl methyl sites for hydroxylation is 1. The van der Waals surface area contributed by atoms with E-state index in [0.717, 1.165) is 40.5 Å². The Kier molecular flexibility index (Phi) is 10.8. The largest absolute Gasteiger partial charge is 0.412 e. The highest BCUT2D eigenvalue weighted by atomic mass is 79.9. The van der Waals surface area contributed by atoms with E-state index in [4.69, 9.17) is 14.8 Å². The van der Waals surface area contributed by atoms with Crippen molar-refractivity contribution in [3.05, 3.63) is 64.9 Å². The summed E-state index contributed by atoms with van der Waals surface area (Å²) < 4.78 is 8.01. The van der Waals surface area contributed by atoms with E-state index >= 15 is 0 Å². The Hall–Kier alpha value is -3.83. The molecule has 0 radical (unpaired) electrons. The molecule has 4 rings (SSSR count). The van der Waals surface area contributed by atoms with Gasteiger partial charge in [0.05, 0.1) is 16.6 Å². The van der Waals surface area contributed by atoms with Crippen molar-refractivity contribution < 1.29 is 14.3 Å². The summed E-state index contributed by atoms with van der Waals surface area (Å²) in [6, 6.07) is 12.6. The summed E-state index contributed by atoms with van der Waals surface area (Å²) in [6.45, 7) is 4.10. The molecule has 0 saturated heterocycles. The zero-order valence-corrected chi connectivity index (χ0v) is 25.3. The summed E-state index contributed by atoms with van der Waals surface area (Å²) in [5.74, 6) is 0.603.